The van der Waals surface area contributed by atoms with E-state index in [9.17, 15) is 17.2 Å². The average Bonchev–Trinajstić information content (AvgIpc) is 2.70. The summed E-state index contributed by atoms with van der Waals surface area (Å²) in [7, 11) is -2.82. The van der Waals surface area contributed by atoms with Crippen LogP contribution in [0.1, 0.15) is 18.5 Å². The molecule has 0 aliphatic carbocycles. The van der Waals surface area contributed by atoms with Crippen LogP contribution in [0.15, 0.2) is 71.6 Å². The van der Waals surface area contributed by atoms with Gasteiger partial charge in [-0.25, -0.2) is 17.2 Å². The molecule has 0 amide bonds. The molecule has 0 aliphatic heterocycles. The van der Waals surface area contributed by atoms with E-state index in [0.29, 0.717) is 16.3 Å². The number of ether oxygens (including phenoxy) is 1. The first-order valence-electron chi connectivity index (χ1n) is 8.63. The second kappa shape index (κ2) is 8.39. The number of halogens is 3. The zero-order valence-corrected chi connectivity index (χ0v) is 17.2. The maximum atomic E-state index is 14.7. The van der Waals surface area contributed by atoms with E-state index >= 15 is 0 Å². The summed E-state index contributed by atoms with van der Waals surface area (Å²) < 4.78 is 61.7. The predicted octanol–water partition coefficient (Wildman–Crippen LogP) is 5.58. The minimum Gasteiger partial charge on any atom is -0.496 e. The molecule has 0 saturated carbocycles. The first-order chi connectivity index (χ1) is 13.8. The summed E-state index contributed by atoms with van der Waals surface area (Å²) >= 11 is 5.87. The highest BCUT2D eigenvalue weighted by Crippen LogP contribution is 2.38. The molecule has 0 spiro atoms. The average molecular weight is 438 g/mol. The molecule has 3 aromatic rings. The molecule has 1 unspecified atom stereocenters. The highest BCUT2D eigenvalue weighted by Gasteiger charge is 2.33. The maximum Gasteiger partial charge on any atom is 0.264 e. The Morgan fingerprint density at radius 3 is 2.31 bits per heavy atom. The van der Waals surface area contributed by atoms with Gasteiger partial charge < -0.3 is 4.74 Å². The molecule has 3 aromatic carbocycles. The Hall–Kier alpha value is -2.64. The maximum absolute atomic E-state index is 14.7. The van der Waals surface area contributed by atoms with Crippen LogP contribution in [0.3, 0.4) is 0 Å². The molecule has 0 bridgehead atoms. The highest BCUT2D eigenvalue weighted by molar-refractivity contribution is 7.92. The van der Waals surface area contributed by atoms with Gasteiger partial charge in [-0.3, -0.25) is 4.31 Å². The van der Waals surface area contributed by atoms with Gasteiger partial charge in [0.05, 0.1) is 23.7 Å². The van der Waals surface area contributed by atoms with Gasteiger partial charge in [-0.05, 0) is 49.4 Å². The van der Waals surface area contributed by atoms with Crippen LogP contribution in [-0.2, 0) is 10.0 Å². The Kier molecular flexibility index (Phi) is 6.10. The van der Waals surface area contributed by atoms with Crippen LogP contribution < -0.4 is 9.04 Å². The fourth-order valence-electron chi connectivity index (χ4n) is 3.06. The lowest BCUT2D eigenvalue weighted by molar-refractivity contribution is 0.406. The van der Waals surface area contributed by atoms with Gasteiger partial charge in [-0.2, -0.15) is 0 Å². The number of hydrogen-bond acceptors (Lipinski definition) is 3. The smallest absolute Gasteiger partial charge is 0.264 e. The number of anilines is 1. The Labute approximate surface area is 173 Å². The number of sulfonamides is 1. The van der Waals surface area contributed by atoms with Crippen LogP contribution >= 0.6 is 11.6 Å². The minimum absolute atomic E-state index is 0.104. The van der Waals surface area contributed by atoms with E-state index in [1.807, 2.05) is 0 Å². The zero-order chi connectivity index (χ0) is 21.2. The molecule has 3 rings (SSSR count). The van der Waals surface area contributed by atoms with E-state index in [0.717, 1.165) is 22.5 Å². The zero-order valence-electron chi connectivity index (χ0n) is 15.6. The molecule has 0 heterocycles. The van der Waals surface area contributed by atoms with Crippen LogP contribution in [0.25, 0.3) is 0 Å². The Balaban J connectivity index is 2.24. The molecule has 0 fully saturated rings. The molecular weight excluding hydrogens is 420 g/mol. The standard InChI is InChI=1S/C21H18ClF2NO3S/c1-14(18-5-3-4-6-21(18)28-2)25(20-13-16(23)9-12-19(20)24)29(26,27)17-10-7-15(22)8-11-17/h3-14H,1-2H3. The summed E-state index contributed by atoms with van der Waals surface area (Å²) in [6.45, 7) is 1.58. The van der Waals surface area contributed by atoms with Gasteiger partial charge in [-0.15, -0.1) is 0 Å². The van der Waals surface area contributed by atoms with E-state index in [2.05, 4.69) is 0 Å². The Bertz CT molecular complexity index is 1120. The molecule has 0 aliphatic rings. The van der Waals surface area contributed by atoms with Crippen molar-refractivity contribution in [2.75, 3.05) is 11.4 Å². The van der Waals surface area contributed by atoms with E-state index in [-0.39, 0.29) is 4.90 Å². The molecule has 29 heavy (non-hydrogen) atoms. The number of rotatable bonds is 6. The summed E-state index contributed by atoms with van der Waals surface area (Å²) in [6.07, 6.45) is 0. The van der Waals surface area contributed by atoms with Crippen LogP contribution in [-0.4, -0.2) is 15.5 Å². The van der Waals surface area contributed by atoms with Crippen LogP contribution in [0.4, 0.5) is 14.5 Å². The molecule has 0 saturated heterocycles. The second-order valence-corrected chi connectivity index (χ2v) is 8.52. The quantitative estimate of drug-likeness (QED) is 0.505. The predicted molar refractivity (Wildman–Crippen MR) is 109 cm³/mol. The van der Waals surface area contributed by atoms with E-state index < -0.39 is 33.4 Å². The molecule has 0 N–H and O–H groups in total. The van der Waals surface area contributed by atoms with Crippen molar-refractivity contribution in [3.63, 3.8) is 0 Å². The normalized spacial score (nSPS) is 12.4. The Morgan fingerprint density at radius 2 is 1.66 bits per heavy atom. The third kappa shape index (κ3) is 4.21. The molecule has 4 nitrogen and oxygen atoms in total. The molecule has 152 valence electrons. The van der Waals surface area contributed by atoms with Crippen molar-refractivity contribution in [3.8, 4) is 5.75 Å². The van der Waals surface area contributed by atoms with Gasteiger partial charge in [0.2, 0.25) is 0 Å². The number of methoxy groups -OCH3 is 1. The molecule has 0 aromatic heterocycles. The van der Waals surface area contributed by atoms with Crippen molar-refractivity contribution in [2.45, 2.75) is 17.9 Å². The largest absolute Gasteiger partial charge is 0.496 e. The van der Waals surface area contributed by atoms with Crippen molar-refractivity contribution in [2.24, 2.45) is 0 Å². The minimum atomic E-state index is -4.27. The lowest BCUT2D eigenvalue weighted by Gasteiger charge is -2.31. The number of hydrogen-bond donors (Lipinski definition) is 0. The van der Waals surface area contributed by atoms with Gasteiger partial charge in [0.25, 0.3) is 10.0 Å². The third-order valence-corrected chi connectivity index (χ3v) is 6.61. The fraction of sp³-hybridized carbons (Fsp3) is 0.143. The van der Waals surface area contributed by atoms with Crippen LogP contribution in [0, 0.1) is 11.6 Å². The van der Waals surface area contributed by atoms with Crippen molar-refractivity contribution in [1.29, 1.82) is 0 Å². The van der Waals surface area contributed by atoms with E-state index in [1.165, 1.54) is 31.4 Å². The fourth-order valence-corrected chi connectivity index (χ4v) is 4.82. The van der Waals surface area contributed by atoms with Crippen LogP contribution in [0.5, 0.6) is 5.75 Å². The molecule has 0 radical (unpaired) electrons. The van der Waals surface area contributed by atoms with Crippen molar-refractivity contribution < 1.29 is 21.9 Å². The number of nitrogens with zero attached hydrogens (tertiary/aromatic N) is 1. The number of benzene rings is 3. The molecular formula is C21H18ClF2NO3S. The first kappa shape index (κ1) is 21.1. The lowest BCUT2D eigenvalue weighted by Crippen LogP contribution is -2.34. The van der Waals surface area contributed by atoms with Crippen LogP contribution in [0.2, 0.25) is 5.02 Å². The van der Waals surface area contributed by atoms with E-state index in [4.69, 9.17) is 16.3 Å². The Morgan fingerprint density at radius 1 is 1.00 bits per heavy atom. The summed E-state index contributed by atoms with van der Waals surface area (Å²) in [4.78, 5) is -0.104. The summed E-state index contributed by atoms with van der Waals surface area (Å²) in [6, 6.07) is 14.0. The lowest BCUT2D eigenvalue weighted by atomic mass is 10.1. The number of para-hydroxylation sites is 1. The van der Waals surface area contributed by atoms with Gasteiger partial charge in [0, 0.05) is 16.7 Å². The molecule has 8 heteroatoms. The monoisotopic (exact) mass is 437 g/mol. The van der Waals surface area contributed by atoms with Gasteiger partial charge in [-0.1, -0.05) is 29.8 Å². The van der Waals surface area contributed by atoms with Crippen molar-refractivity contribution in [3.05, 3.63) is 89.0 Å². The van der Waals surface area contributed by atoms with Gasteiger partial charge >= 0.3 is 0 Å². The van der Waals surface area contributed by atoms with Gasteiger partial charge in [0.15, 0.2) is 0 Å². The van der Waals surface area contributed by atoms with E-state index in [1.54, 1.807) is 31.2 Å². The van der Waals surface area contributed by atoms with Crippen molar-refractivity contribution in [1.82, 2.24) is 0 Å². The molecule has 1 atom stereocenters. The summed E-state index contributed by atoms with van der Waals surface area (Å²) in [5.41, 5.74) is 0.0922. The SMILES string of the molecule is COc1ccccc1C(C)N(c1cc(F)ccc1F)S(=O)(=O)c1ccc(Cl)cc1. The van der Waals surface area contributed by atoms with Crippen molar-refractivity contribution >= 4 is 27.3 Å². The highest BCUT2D eigenvalue weighted by atomic mass is 35.5. The topological polar surface area (TPSA) is 46.6 Å². The third-order valence-electron chi connectivity index (χ3n) is 4.46. The second-order valence-electron chi connectivity index (χ2n) is 6.27. The summed E-state index contributed by atoms with van der Waals surface area (Å²) in [5.74, 6) is -1.20. The summed E-state index contributed by atoms with van der Waals surface area (Å²) in [5, 5.41) is 0.352. The van der Waals surface area contributed by atoms with Gasteiger partial charge in [0.1, 0.15) is 17.4 Å². The first-order valence-corrected chi connectivity index (χ1v) is 10.5.